The van der Waals surface area contributed by atoms with Gasteiger partial charge >= 0.3 is 0 Å². The van der Waals surface area contributed by atoms with Crippen molar-refractivity contribution in [2.24, 2.45) is 5.92 Å². The molecule has 0 aliphatic rings. The lowest BCUT2D eigenvalue weighted by Crippen LogP contribution is -2.20. The Labute approximate surface area is 105 Å². The van der Waals surface area contributed by atoms with Gasteiger partial charge in [-0.25, -0.2) is 0 Å². The molecule has 0 fully saturated rings. The summed E-state index contributed by atoms with van der Waals surface area (Å²) in [6, 6.07) is 11.2. The largest absolute Gasteiger partial charge is 0.325 e. The van der Waals surface area contributed by atoms with Crippen molar-refractivity contribution in [3.63, 3.8) is 0 Å². The fraction of sp³-hybridized carbons (Fsp3) is 0.214. The van der Waals surface area contributed by atoms with E-state index in [1.807, 2.05) is 37.3 Å². The molecule has 0 aliphatic carbocycles. The Hall–Kier alpha value is -2.41. The highest BCUT2D eigenvalue weighted by Gasteiger charge is 2.15. The number of carbonyl (C=O) groups excluding carboxylic acids is 1. The van der Waals surface area contributed by atoms with E-state index in [0.717, 1.165) is 10.9 Å². The zero-order valence-electron chi connectivity index (χ0n) is 10.1. The smallest absolute Gasteiger partial charge is 0.241 e. The third-order valence-corrected chi connectivity index (χ3v) is 2.75. The third kappa shape index (κ3) is 2.46. The van der Waals surface area contributed by atoms with Gasteiger partial charge < -0.3 is 5.32 Å². The third-order valence-electron chi connectivity index (χ3n) is 2.75. The van der Waals surface area contributed by atoms with Crippen LogP contribution in [0, 0.1) is 17.2 Å². The van der Waals surface area contributed by atoms with Crippen molar-refractivity contribution in [3.05, 3.63) is 36.5 Å². The van der Waals surface area contributed by atoms with Crippen LogP contribution in [0.1, 0.15) is 13.3 Å². The summed E-state index contributed by atoms with van der Waals surface area (Å²) in [5.41, 5.74) is 1.57. The quantitative estimate of drug-likeness (QED) is 0.895. The average molecular weight is 239 g/mol. The topological polar surface area (TPSA) is 65.8 Å². The van der Waals surface area contributed by atoms with E-state index in [1.165, 1.54) is 0 Å². The van der Waals surface area contributed by atoms with Crippen LogP contribution in [0.4, 0.5) is 5.69 Å². The Morgan fingerprint density at radius 3 is 3.06 bits per heavy atom. The van der Waals surface area contributed by atoms with Gasteiger partial charge in [0, 0.05) is 17.3 Å². The maximum atomic E-state index is 11.8. The Morgan fingerprint density at radius 1 is 1.50 bits per heavy atom. The predicted octanol–water partition coefficient (Wildman–Crippen LogP) is 2.72. The van der Waals surface area contributed by atoms with E-state index in [0.29, 0.717) is 12.1 Å². The van der Waals surface area contributed by atoms with Gasteiger partial charge in [-0.1, -0.05) is 13.0 Å². The second-order valence-corrected chi connectivity index (χ2v) is 3.99. The molecule has 1 N–H and O–H groups in total. The average Bonchev–Trinajstić information content (AvgIpc) is 2.40. The summed E-state index contributed by atoms with van der Waals surface area (Å²) in [6.45, 7) is 1.82. The van der Waals surface area contributed by atoms with Gasteiger partial charge in [0.1, 0.15) is 5.92 Å². The highest BCUT2D eigenvalue weighted by Crippen LogP contribution is 2.17. The maximum absolute atomic E-state index is 11.8. The summed E-state index contributed by atoms with van der Waals surface area (Å²) in [5, 5.41) is 12.5. The van der Waals surface area contributed by atoms with E-state index >= 15 is 0 Å². The number of carbonyl (C=O) groups is 1. The van der Waals surface area contributed by atoms with Crippen molar-refractivity contribution >= 4 is 22.5 Å². The molecule has 18 heavy (non-hydrogen) atoms. The van der Waals surface area contributed by atoms with Crippen LogP contribution in [0.15, 0.2) is 36.5 Å². The minimum absolute atomic E-state index is 0.261. The zero-order valence-corrected chi connectivity index (χ0v) is 10.1. The standard InChI is InChI=1S/C14H13N3O/c1-2-10(9-15)14(18)17-12-5-6-13-11(8-12)4-3-7-16-13/h3-8,10H,2H2,1H3,(H,17,18). The van der Waals surface area contributed by atoms with E-state index in [2.05, 4.69) is 10.3 Å². The first-order valence-corrected chi connectivity index (χ1v) is 5.80. The molecule has 0 saturated heterocycles. The van der Waals surface area contributed by atoms with Crippen molar-refractivity contribution in [3.8, 4) is 6.07 Å². The van der Waals surface area contributed by atoms with Crippen molar-refractivity contribution in [1.82, 2.24) is 4.98 Å². The number of amides is 1. The molecular weight excluding hydrogens is 226 g/mol. The van der Waals surface area contributed by atoms with Gasteiger partial charge in [0.05, 0.1) is 11.6 Å². The first-order valence-electron chi connectivity index (χ1n) is 5.80. The number of nitrogens with one attached hydrogen (secondary N) is 1. The zero-order chi connectivity index (χ0) is 13.0. The maximum Gasteiger partial charge on any atom is 0.241 e. The number of anilines is 1. The monoisotopic (exact) mass is 239 g/mol. The number of aromatic nitrogens is 1. The number of hydrogen-bond donors (Lipinski definition) is 1. The molecule has 4 nitrogen and oxygen atoms in total. The van der Waals surface area contributed by atoms with E-state index < -0.39 is 5.92 Å². The van der Waals surface area contributed by atoms with E-state index in [-0.39, 0.29) is 5.91 Å². The molecule has 1 aromatic heterocycles. The van der Waals surface area contributed by atoms with Crippen molar-refractivity contribution in [1.29, 1.82) is 5.26 Å². The van der Waals surface area contributed by atoms with E-state index in [1.54, 1.807) is 12.3 Å². The van der Waals surface area contributed by atoms with Crippen LogP contribution >= 0.6 is 0 Å². The predicted molar refractivity (Wildman–Crippen MR) is 69.8 cm³/mol. The molecule has 2 rings (SSSR count). The van der Waals surface area contributed by atoms with Crippen LogP contribution in [0.3, 0.4) is 0 Å². The Kier molecular flexibility index (Phi) is 3.54. The molecule has 0 saturated carbocycles. The van der Waals surface area contributed by atoms with Gasteiger partial charge in [0.25, 0.3) is 0 Å². The number of rotatable bonds is 3. The van der Waals surface area contributed by atoms with E-state index in [4.69, 9.17) is 5.26 Å². The van der Waals surface area contributed by atoms with Crippen LogP contribution in [0.5, 0.6) is 0 Å². The molecule has 0 bridgehead atoms. The molecule has 90 valence electrons. The molecule has 2 aromatic rings. The highest BCUT2D eigenvalue weighted by molar-refractivity contribution is 5.96. The lowest BCUT2D eigenvalue weighted by atomic mass is 10.1. The SMILES string of the molecule is CCC(C#N)C(=O)Nc1ccc2ncccc2c1. The lowest BCUT2D eigenvalue weighted by Gasteiger charge is -2.08. The molecule has 0 spiro atoms. The normalized spacial score (nSPS) is 11.8. The first kappa shape index (κ1) is 12.1. The van der Waals surface area contributed by atoms with Crippen molar-refractivity contribution in [2.45, 2.75) is 13.3 Å². The number of pyridine rings is 1. The minimum atomic E-state index is -0.602. The number of fused-ring (bicyclic) bond motifs is 1. The molecule has 1 unspecified atom stereocenters. The van der Waals surface area contributed by atoms with Crippen LogP contribution in [-0.4, -0.2) is 10.9 Å². The fourth-order valence-electron chi connectivity index (χ4n) is 1.72. The molecule has 1 amide bonds. The van der Waals surface area contributed by atoms with Gasteiger partial charge in [0.2, 0.25) is 5.91 Å². The van der Waals surface area contributed by atoms with Crippen LogP contribution in [-0.2, 0) is 4.79 Å². The molecule has 0 radical (unpaired) electrons. The molecule has 1 aromatic carbocycles. The minimum Gasteiger partial charge on any atom is -0.325 e. The van der Waals surface area contributed by atoms with Gasteiger partial charge in [-0.2, -0.15) is 5.26 Å². The van der Waals surface area contributed by atoms with E-state index in [9.17, 15) is 4.79 Å². The summed E-state index contributed by atoms with van der Waals surface area (Å²) in [5.74, 6) is -0.863. The second-order valence-electron chi connectivity index (χ2n) is 3.99. The second kappa shape index (κ2) is 5.28. The number of hydrogen-bond acceptors (Lipinski definition) is 3. The number of nitrogens with zero attached hydrogens (tertiary/aromatic N) is 2. The molecule has 1 heterocycles. The van der Waals surface area contributed by atoms with Crippen LogP contribution < -0.4 is 5.32 Å². The van der Waals surface area contributed by atoms with Crippen LogP contribution in [0.25, 0.3) is 10.9 Å². The molecular formula is C14H13N3O. The van der Waals surface area contributed by atoms with Crippen LogP contribution in [0.2, 0.25) is 0 Å². The van der Waals surface area contributed by atoms with Gasteiger partial charge in [-0.3, -0.25) is 9.78 Å². The summed E-state index contributed by atoms with van der Waals surface area (Å²) >= 11 is 0. The number of benzene rings is 1. The van der Waals surface area contributed by atoms with Gasteiger partial charge in [-0.15, -0.1) is 0 Å². The Morgan fingerprint density at radius 2 is 2.33 bits per heavy atom. The number of nitriles is 1. The summed E-state index contributed by atoms with van der Waals surface area (Å²) in [6.07, 6.45) is 2.24. The van der Waals surface area contributed by atoms with Crippen molar-refractivity contribution in [2.75, 3.05) is 5.32 Å². The summed E-state index contributed by atoms with van der Waals surface area (Å²) in [4.78, 5) is 16.0. The summed E-state index contributed by atoms with van der Waals surface area (Å²) < 4.78 is 0. The van der Waals surface area contributed by atoms with Crippen molar-refractivity contribution < 1.29 is 4.79 Å². The summed E-state index contributed by atoms with van der Waals surface area (Å²) in [7, 11) is 0. The van der Waals surface area contributed by atoms with Gasteiger partial charge in [-0.05, 0) is 30.7 Å². The Bertz CT molecular complexity index is 616. The molecule has 0 aliphatic heterocycles. The molecule has 1 atom stereocenters. The Balaban J connectivity index is 2.22. The van der Waals surface area contributed by atoms with Gasteiger partial charge in [0.15, 0.2) is 0 Å². The fourth-order valence-corrected chi connectivity index (χ4v) is 1.72. The lowest BCUT2D eigenvalue weighted by molar-refractivity contribution is -0.118. The first-order chi connectivity index (χ1) is 8.74. The highest BCUT2D eigenvalue weighted by atomic mass is 16.1. The molecule has 4 heteroatoms.